The van der Waals surface area contributed by atoms with E-state index in [-0.39, 0.29) is 18.5 Å². The lowest BCUT2D eigenvalue weighted by Crippen LogP contribution is -2.17. The van der Waals surface area contributed by atoms with Crippen LogP contribution in [0.5, 0.6) is 11.5 Å². The highest BCUT2D eigenvalue weighted by Gasteiger charge is 2.21. The number of aromatic hydroxyl groups is 1. The van der Waals surface area contributed by atoms with E-state index in [2.05, 4.69) is 0 Å². The molecule has 0 bridgehead atoms. The predicted octanol–water partition coefficient (Wildman–Crippen LogP) is 0.688. The number of fused-ring (bicyclic) bond motifs is 1. The Morgan fingerprint density at radius 3 is 3.08 bits per heavy atom. The topological polar surface area (TPSA) is 49.7 Å². The molecule has 1 atom stereocenters. The van der Waals surface area contributed by atoms with Crippen LogP contribution in [-0.4, -0.2) is 22.9 Å². The fourth-order valence-corrected chi connectivity index (χ4v) is 1.39. The Morgan fingerprint density at radius 1 is 1.50 bits per heavy atom. The van der Waals surface area contributed by atoms with Crippen LogP contribution in [0.15, 0.2) is 18.2 Å². The third kappa shape index (κ3) is 1.12. The van der Waals surface area contributed by atoms with Gasteiger partial charge in [-0.15, -0.1) is 0 Å². The van der Waals surface area contributed by atoms with E-state index in [1.165, 1.54) is 0 Å². The van der Waals surface area contributed by atoms with Gasteiger partial charge in [0.2, 0.25) is 0 Å². The van der Waals surface area contributed by atoms with E-state index in [1.54, 1.807) is 12.1 Å². The molecule has 0 radical (unpaired) electrons. The number of rotatable bonds is 1. The molecule has 0 aliphatic carbocycles. The van der Waals surface area contributed by atoms with Gasteiger partial charge in [0.15, 0.2) is 0 Å². The average Bonchev–Trinajstić information content (AvgIpc) is 2.46. The van der Waals surface area contributed by atoms with Crippen LogP contribution in [0.2, 0.25) is 0 Å². The summed E-state index contributed by atoms with van der Waals surface area (Å²) in [5, 5.41) is 17.9. The summed E-state index contributed by atoms with van der Waals surface area (Å²) in [5.74, 6) is 0.890. The van der Waals surface area contributed by atoms with Crippen LogP contribution in [0, 0.1) is 0 Å². The summed E-state index contributed by atoms with van der Waals surface area (Å²) in [5.41, 5.74) is 1.05. The molecule has 0 aromatic heterocycles. The van der Waals surface area contributed by atoms with E-state index in [1.807, 2.05) is 6.07 Å². The summed E-state index contributed by atoms with van der Waals surface area (Å²) < 4.78 is 5.33. The largest absolute Gasteiger partial charge is 0.508 e. The molecule has 64 valence electrons. The Labute approximate surface area is 70.2 Å². The van der Waals surface area contributed by atoms with Crippen molar-refractivity contribution in [2.75, 3.05) is 6.61 Å². The van der Waals surface area contributed by atoms with Gasteiger partial charge in [-0.3, -0.25) is 0 Å². The van der Waals surface area contributed by atoms with Gasteiger partial charge in [-0.2, -0.15) is 0 Å². The summed E-state index contributed by atoms with van der Waals surface area (Å²) in [6.07, 6.45) is 0.591. The third-order valence-corrected chi connectivity index (χ3v) is 2.00. The zero-order chi connectivity index (χ0) is 8.55. The Kier molecular flexibility index (Phi) is 1.66. The van der Waals surface area contributed by atoms with Crippen molar-refractivity contribution in [3.8, 4) is 11.5 Å². The molecule has 0 amide bonds. The zero-order valence-electron chi connectivity index (χ0n) is 6.53. The second-order valence-electron chi connectivity index (χ2n) is 2.92. The summed E-state index contributed by atoms with van der Waals surface area (Å²) >= 11 is 0. The standard InChI is InChI=1S/C9H10O3/c10-5-8-3-6-1-2-7(11)4-9(6)12-8/h1-2,4,8,10-11H,3,5H2. The lowest BCUT2D eigenvalue weighted by molar-refractivity contribution is 0.134. The molecule has 1 aromatic carbocycles. The van der Waals surface area contributed by atoms with Gasteiger partial charge in [-0.05, 0) is 11.6 Å². The molecular formula is C9H10O3. The Bertz CT molecular complexity index is 296. The minimum atomic E-state index is -0.137. The maximum Gasteiger partial charge on any atom is 0.126 e. The first kappa shape index (κ1) is 7.43. The normalized spacial score (nSPS) is 20.2. The fraction of sp³-hybridized carbons (Fsp3) is 0.333. The van der Waals surface area contributed by atoms with Crippen LogP contribution < -0.4 is 4.74 Å². The first-order chi connectivity index (χ1) is 5.79. The number of benzene rings is 1. The summed E-state index contributed by atoms with van der Waals surface area (Å²) in [6, 6.07) is 5.02. The molecule has 12 heavy (non-hydrogen) atoms. The van der Waals surface area contributed by atoms with Crippen LogP contribution in [-0.2, 0) is 6.42 Å². The minimum Gasteiger partial charge on any atom is -0.508 e. The number of phenolic OH excluding ortho intramolecular Hbond substituents is 1. The van der Waals surface area contributed by atoms with Crippen molar-refractivity contribution in [1.82, 2.24) is 0 Å². The maximum atomic E-state index is 9.11. The van der Waals surface area contributed by atoms with Gasteiger partial charge >= 0.3 is 0 Å². The van der Waals surface area contributed by atoms with Gasteiger partial charge in [0.05, 0.1) is 6.61 Å². The maximum absolute atomic E-state index is 9.11. The predicted molar refractivity (Wildman–Crippen MR) is 43.3 cm³/mol. The van der Waals surface area contributed by atoms with Crippen molar-refractivity contribution < 1.29 is 14.9 Å². The second-order valence-corrected chi connectivity index (χ2v) is 2.92. The highest BCUT2D eigenvalue weighted by molar-refractivity contribution is 5.42. The van der Waals surface area contributed by atoms with E-state index in [0.717, 1.165) is 12.0 Å². The molecule has 3 nitrogen and oxygen atoms in total. The lowest BCUT2D eigenvalue weighted by Gasteiger charge is -2.04. The molecular weight excluding hydrogens is 156 g/mol. The van der Waals surface area contributed by atoms with Crippen molar-refractivity contribution in [3.63, 3.8) is 0 Å². The number of aliphatic hydroxyl groups is 1. The molecule has 1 unspecified atom stereocenters. The van der Waals surface area contributed by atoms with Gasteiger partial charge in [0, 0.05) is 12.5 Å². The van der Waals surface area contributed by atoms with Crippen LogP contribution in [0.3, 0.4) is 0 Å². The van der Waals surface area contributed by atoms with E-state index in [9.17, 15) is 0 Å². The summed E-state index contributed by atoms with van der Waals surface area (Å²) in [4.78, 5) is 0. The molecule has 0 saturated heterocycles. The van der Waals surface area contributed by atoms with Gasteiger partial charge in [0.1, 0.15) is 17.6 Å². The van der Waals surface area contributed by atoms with E-state index in [4.69, 9.17) is 14.9 Å². The van der Waals surface area contributed by atoms with Crippen LogP contribution in [0.25, 0.3) is 0 Å². The van der Waals surface area contributed by atoms with Crippen molar-refractivity contribution >= 4 is 0 Å². The van der Waals surface area contributed by atoms with Crippen LogP contribution in [0.1, 0.15) is 5.56 Å². The fourth-order valence-electron chi connectivity index (χ4n) is 1.39. The van der Waals surface area contributed by atoms with E-state index < -0.39 is 0 Å². The van der Waals surface area contributed by atoms with E-state index in [0.29, 0.717) is 5.75 Å². The second kappa shape index (κ2) is 2.68. The molecule has 0 saturated carbocycles. The number of phenols is 1. The Balaban J connectivity index is 2.30. The van der Waals surface area contributed by atoms with Crippen molar-refractivity contribution in [3.05, 3.63) is 23.8 Å². The molecule has 0 spiro atoms. The Morgan fingerprint density at radius 2 is 2.33 bits per heavy atom. The molecule has 1 heterocycles. The highest BCUT2D eigenvalue weighted by Crippen LogP contribution is 2.31. The van der Waals surface area contributed by atoms with Gasteiger partial charge in [0.25, 0.3) is 0 Å². The Hall–Kier alpha value is -1.22. The van der Waals surface area contributed by atoms with Crippen molar-refractivity contribution in [2.24, 2.45) is 0 Å². The first-order valence-corrected chi connectivity index (χ1v) is 3.89. The quantitative estimate of drug-likeness (QED) is 0.645. The van der Waals surface area contributed by atoms with Gasteiger partial charge < -0.3 is 14.9 Å². The lowest BCUT2D eigenvalue weighted by atomic mass is 10.1. The van der Waals surface area contributed by atoms with Crippen LogP contribution >= 0.6 is 0 Å². The molecule has 0 fully saturated rings. The van der Waals surface area contributed by atoms with Crippen molar-refractivity contribution in [2.45, 2.75) is 12.5 Å². The molecule has 2 rings (SSSR count). The zero-order valence-corrected chi connectivity index (χ0v) is 6.53. The number of hydrogen-bond donors (Lipinski definition) is 2. The molecule has 1 aliphatic rings. The molecule has 1 aromatic rings. The molecule has 1 aliphatic heterocycles. The molecule has 3 heteroatoms. The van der Waals surface area contributed by atoms with Gasteiger partial charge in [-0.25, -0.2) is 0 Å². The van der Waals surface area contributed by atoms with Crippen molar-refractivity contribution in [1.29, 1.82) is 0 Å². The summed E-state index contributed by atoms with van der Waals surface area (Å²) in [7, 11) is 0. The number of aliphatic hydroxyl groups excluding tert-OH is 1. The monoisotopic (exact) mass is 166 g/mol. The number of ether oxygens (including phenoxy) is 1. The summed E-state index contributed by atoms with van der Waals surface area (Å²) in [6.45, 7) is 0.0233. The van der Waals surface area contributed by atoms with Gasteiger partial charge in [-0.1, -0.05) is 6.07 Å². The SMILES string of the molecule is OCC1Cc2ccc(O)cc2O1. The molecule has 2 N–H and O–H groups in total. The average molecular weight is 166 g/mol. The first-order valence-electron chi connectivity index (χ1n) is 3.89. The van der Waals surface area contributed by atoms with E-state index >= 15 is 0 Å². The smallest absolute Gasteiger partial charge is 0.126 e. The highest BCUT2D eigenvalue weighted by atomic mass is 16.5. The number of hydrogen-bond acceptors (Lipinski definition) is 3. The minimum absolute atomic E-state index is 0.0233. The third-order valence-electron chi connectivity index (χ3n) is 2.00. The van der Waals surface area contributed by atoms with Crippen LogP contribution in [0.4, 0.5) is 0 Å².